The first-order valence-corrected chi connectivity index (χ1v) is 7.40. The summed E-state index contributed by atoms with van der Waals surface area (Å²) >= 11 is 0. The summed E-state index contributed by atoms with van der Waals surface area (Å²) < 4.78 is 0. The number of hydrogen-bond donors (Lipinski definition) is 1. The fraction of sp³-hybridized carbons (Fsp3) is 0.733. The molecule has 2 saturated carbocycles. The molecule has 1 heterocycles. The number of hydrogen-bond acceptors (Lipinski definition) is 3. The van der Waals surface area contributed by atoms with E-state index in [4.69, 9.17) is 4.98 Å². The Morgan fingerprint density at radius 2 is 2.17 bits per heavy atom. The van der Waals surface area contributed by atoms with E-state index in [1.165, 1.54) is 38.5 Å². The van der Waals surface area contributed by atoms with Crippen LogP contribution in [0, 0.1) is 5.92 Å². The van der Waals surface area contributed by atoms with Crippen LogP contribution in [0.3, 0.4) is 0 Å². The first-order valence-electron chi connectivity index (χ1n) is 7.40. The highest BCUT2D eigenvalue weighted by atomic mass is 15.0. The molecule has 0 radical (unpaired) electrons. The van der Waals surface area contributed by atoms with E-state index < -0.39 is 0 Å². The lowest BCUT2D eigenvalue weighted by Crippen LogP contribution is -2.17. The number of rotatable bonds is 5. The van der Waals surface area contributed by atoms with Crippen LogP contribution < -0.4 is 5.32 Å². The van der Waals surface area contributed by atoms with Gasteiger partial charge in [0, 0.05) is 24.7 Å². The number of nitrogens with one attached hydrogen (secondary N) is 1. The Morgan fingerprint density at radius 1 is 1.28 bits per heavy atom. The van der Waals surface area contributed by atoms with Gasteiger partial charge >= 0.3 is 0 Å². The summed E-state index contributed by atoms with van der Waals surface area (Å²) in [5.74, 6) is 2.59. The van der Waals surface area contributed by atoms with Crippen LogP contribution in [-0.4, -0.2) is 16.0 Å². The van der Waals surface area contributed by atoms with Crippen LogP contribution in [0.1, 0.15) is 62.9 Å². The molecule has 1 N–H and O–H groups in total. The van der Waals surface area contributed by atoms with Crippen molar-refractivity contribution in [3.05, 3.63) is 23.8 Å². The maximum atomic E-state index is 4.75. The SMILES string of the molecule is CCC1CCC(c2nccc(CNC3CC3)n2)C1. The van der Waals surface area contributed by atoms with Crippen LogP contribution >= 0.6 is 0 Å². The van der Waals surface area contributed by atoms with Gasteiger partial charge in [0.1, 0.15) is 5.82 Å². The van der Waals surface area contributed by atoms with Crippen LogP contribution in [0.5, 0.6) is 0 Å². The molecule has 2 aliphatic carbocycles. The maximum absolute atomic E-state index is 4.75. The highest BCUT2D eigenvalue weighted by molar-refractivity contribution is 5.07. The fourth-order valence-corrected chi connectivity index (χ4v) is 2.92. The van der Waals surface area contributed by atoms with Crippen LogP contribution in [0.25, 0.3) is 0 Å². The molecule has 1 aromatic rings. The molecule has 0 spiro atoms. The van der Waals surface area contributed by atoms with Crippen LogP contribution in [0.4, 0.5) is 0 Å². The van der Waals surface area contributed by atoms with Gasteiger partial charge in [0.05, 0.1) is 5.69 Å². The largest absolute Gasteiger partial charge is 0.308 e. The first-order chi connectivity index (χ1) is 8.85. The molecule has 3 heteroatoms. The summed E-state index contributed by atoms with van der Waals surface area (Å²) in [5.41, 5.74) is 1.16. The molecule has 0 bridgehead atoms. The second-order valence-corrected chi connectivity index (χ2v) is 5.85. The van der Waals surface area contributed by atoms with E-state index in [0.717, 1.165) is 30.0 Å². The molecule has 3 rings (SSSR count). The quantitative estimate of drug-likeness (QED) is 0.866. The van der Waals surface area contributed by atoms with E-state index in [9.17, 15) is 0 Å². The van der Waals surface area contributed by atoms with Crippen molar-refractivity contribution in [2.45, 2.75) is 64.0 Å². The second-order valence-electron chi connectivity index (χ2n) is 5.85. The van der Waals surface area contributed by atoms with E-state index in [-0.39, 0.29) is 0 Å². The third kappa shape index (κ3) is 2.89. The Morgan fingerprint density at radius 3 is 2.89 bits per heavy atom. The van der Waals surface area contributed by atoms with Crippen molar-refractivity contribution in [1.29, 1.82) is 0 Å². The predicted molar refractivity (Wildman–Crippen MR) is 72.3 cm³/mol. The average Bonchev–Trinajstić information content (AvgIpc) is 3.12. The Hall–Kier alpha value is -0.960. The zero-order chi connectivity index (χ0) is 12.4. The van der Waals surface area contributed by atoms with Gasteiger partial charge in [-0.05, 0) is 44.1 Å². The minimum atomic E-state index is 0.607. The van der Waals surface area contributed by atoms with Crippen molar-refractivity contribution < 1.29 is 0 Å². The topological polar surface area (TPSA) is 37.8 Å². The molecule has 0 aromatic carbocycles. The Kier molecular flexibility index (Phi) is 3.59. The third-order valence-electron chi connectivity index (χ3n) is 4.36. The molecular weight excluding hydrogens is 222 g/mol. The molecule has 3 nitrogen and oxygen atoms in total. The number of nitrogens with zero attached hydrogens (tertiary/aromatic N) is 2. The van der Waals surface area contributed by atoms with Crippen molar-refractivity contribution in [3.8, 4) is 0 Å². The molecule has 2 aliphatic rings. The van der Waals surface area contributed by atoms with E-state index in [1.54, 1.807) is 0 Å². The van der Waals surface area contributed by atoms with Gasteiger partial charge in [0.2, 0.25) is 0 Å². The summed E-state index contributed by atoms with van der Waals surface area (Å²) in [4.78, 5) is 9.24. The molecule has 1 aromatic heterocycles. The molecule has 0 amide bonds. The van der Waals surface area contributed by atoms with Gasteiger partial charge in [-0.25, -0.2) is 9.97 Å². The predicted octanol–water partition coefficient (Wildman–Crippen LogP) is 3.02. The van der Waals surface area contributed by atoms with E-state index in [0.29, 0.717) is 5.92 Å². The summed E-state index contributed by atoms with van der Waals surface area (Å²) in [6, 6.07) is 2.80. The average molecular weight is 245 g/mol. The van der Waals surface area contributed by atoms with Crippen molar-refractivity contribution >= 4 is 0 Å². The van der Waals surface area contributed by atoms with Gasteiger partial charge < -0.3 is 5.32 Å². The van der Waals surface area contributed by atoms with Crippen molar-refractivity contribution in [1.82, 2.24) is 15.3 Å². The summed E-state index contributed by atoms with van der Waals surface area (Å²) in [6.07, 6.45) is 9.82. The van der Waals surface area contributed by atoms with Gasteiger partial charge in [-0.15, -0.1) is 0 Å². The van der Waals surface area contributed by atoms with E-state index in [1.807, 2.05) is 12.3 Å². The smallest absolute Gasteiger partial charge is 0.131 e. The lowest BCUT2D eigenvalue weighted by Gasteiger charge is -2.10. The van der Waals surface area contributed by atoms with E-state index in [2.05, 4.69) is 17.2 Å². The molecule has 0 saturated heterocycles. The normalized spacial score (nSPS) is 27.6. The molecule has 2 unspecified atom stereocenters. The molecule has 2 fully saturated rings. The van der Waals surface area contributed by atoms with Gasteiger partial charge in [0.25, 0.3) is 0 Å². The van der Waals surface area contributed by atoms with Gasteiger partial charge in [-0.2, -0.15) is 0 Å². The standard InChI is InChI=1S/C15H23N3/c1-2-11-3-4-12(9-11)15-16-8-7-14(18-15)10-17-13-5-6-13/h7-8,11-13,17H,2-6,9-10H2,1H3. The van der Waals surface area contributed by atoms with Crippen LogP contribution in [0.15, 0.2) is 12.3 Å². The Labute approximate surface area is 109 Å². The van der Waals surface area contributed by atoms with Gasteiger partial charge in [0.15, 0.2) is 0 Å². The minimum absolute atomic E-state index is 0.607. The Balaban J connectivity index is 1.62. The lowest BCUT2D eigenvalue weighted by molar-refractivity contribution is 0.515. The van der Waals surface area contributed by atoms with Crippen molar-refractivity contribution in [2.75, 3.05) is 0 Å². The third-order valence-corrected chi connectivity index (χ3v) is 4.36. The second kappa shape index (κ2) is 5.35. The fourth-order valence-electron chi connectivity index (χ4n) is 2.92. The zero-order valence-electron chi connectivity index (χ0n) is 11.2. The maximum Gasteiger partial charge on any atom is 0.131 e. The Bertz CT molecular complexity index is 400. The number of aromatic nitrogens is 2. The highest BCUT2D eigenvalue weighted by Crippen LogP contribution is 2.38. The van der Waals surface area contributed by atoms with Gasteiger partial charge in [-0.3, -0.25) is 0 Å². The van der Waals surface area contributed by atoms with Crippen LogP contribution in [0.2, 0.25) is 0 Å². The summed E-state index contributed by atoms with van der Waals surface area (Å²) in [7, 11) is 0. The molecule has 98 valence electrons. The van der Waals surface area contributed by atoms with Crippen molar-refractivity contribution in [3.63, 3.8) is 0 Å². The molecule has 18 heavy (non-hydrogen) atoms. The molecule has 2 atom stereocenters. The van der Waals surface area contributed by atoms with Crippen molar-refractivity contribution in [2.24, 2.45) is 5.92 Å². The summed E-state index contributed by atoms with van der Waals surface area (Å²) in [6.45, 7) is 3.20. The first kappa shape index (κ1) is 12.1. The minimum Gasteiger partial charge on any atom is -0.308 e. The highest BCUT2D eigenvalue weighted by Gasteiger charge is 2.26. The van der Waals surface area contributed by atoms with Gasteiger partial charge in [-0.1, -0.05) is 13.3 Å². The van der Waals surface area contributed by atoms with E-state index >= 15 is 0 Å². The molecule has 0 aliphatic heterocycles. The zero-order valence-corrected chi connectivity index (χ0v) is 11.2. The lowest BCUT2D eigenvalue weighted by atomic mass is 10.0. The summed E-state index contributed by atoms with van der Waals surface area (Å²) in [5, 5.41) is 3.52. The monoisotopic (exact) mass is 245 g/mol. The molecular formula is C15H23N3. The van der Waals surface area contributed by atoms with Crippen LogP contribution in [-0.2, 0) is 6.54 Å².